The fraction of sp³-hybridized carbons (Fsp3) is 0.417. The average Bonchev–Trinajstić information content (AvgIpc) is 2.77. The van der Waals surface area contributed by atoms with Crippen molar-refractivity contribution in [3.63, 3.8) is 0 Å². The van der Waals surface area contributed by atoms with E-state index in [9.17, 15) is 4.57 Å². The number of nitrogens with one attached hydrogen (secondary N) is 1. The molecule has 0 spiro atoms. The first-order valence-corrected chi connectivity index (χ1v) is 12.3. The lowest BCUT2D eigenvalue weighted by molar-refractivity contribution is 0.225. The largest absolute Gasteiger partial charge is 0.495 e. The molecule has 1 aliphatic rings. The van der Waals surface area contributed by atoms with Crippen LogP contribution >= 0.6 is 7.75 Å². The van der Waals surface area contributed by atoms with Crippen LogP contribution in [0, 0.1) is 6.92 Å². The van der Waals surface area contributed by atoms with Gasteiger partial charge in [0.05, 0.1) is 40.2 Å². The average molecular weight is 461 g/mol. The third-order valence-electron chi connectivity index (χ3n) is 5.31. The highest BCUT2D eigenvalue weighted by Gasteiger charge is 2.27. The number of benzene rings is 2. The first-order valence-electron chi connectivity index (χ1n) is 10.7. The molecule has 32 heavy (non-hydrogen) atoms. The van der Waals surface area contributed by atoms with Gasteiger partial charge in [-0.15, -0.1) is 0 Å². The molecule has 3 rings (SSSR count). The Kier molecular flexibility index (Phi) is 7.88. The van der Waals surface area contributed by atoms with Crippen molar-refractivity contribution in [2.45, 2.75) is 33.6 Å². The molecule has 0 fully saturated rings. The van der Waals surface area contributed by atoms with Crippen molar-refractivity contribution in [1.82, 2.24) is 0 Å². The molecule has 1 aliphatic carbocycles. The summed E-state index contributed by atoms with van der Waals surface area (Å²) < 4.78 is 40.6. The summed E-state index contributed by atoms with van der Waals surface area (Å²) in [5.41, 5.74) is 5.82. The standard InChI is InChI=1S/C24H32NO6P/c1-7-30-32(26,31-8-2)25-21-15-20-17(13-22(21)27-4)10-9-11-19(20)18-12-16(3)24(29-6)23(14-18)28-5/h11-15H,7-10H2,1-6H3,(H,25,26). The molecule has 0 amide bonds. The second-order valence-corrected chi connectivity index (χ2v) is 9.07. The highest BCUT2D eigenvalue weighted by molar-refractivity contribution is 7.55. The van der Waals surface area contributed by atoms with Crippen LogP contribution in [0.1, 0.15) is 42.5 Å². The molecule has 0 radical (unpaired) electrons. The van der Waals surface area contributed by atoms with Crippen molar-refractivity contribution in [1.29, 1.82) is 0 Å². The van der Waals surface area contributed by atoms with E-state index in [0.29, 0.717) is 17.2 Å². The summed E-state index contributed by atoms with van der Waals surface area (Å²) in [6, 6.07) is 8.01. The summed E-state index contributed by atoms with van der Waals surface area (Å²) in [4.78, 5) is 0. The number of anilines is 1. The van der Waals surface area contributed by atoms with Gasteiger partial charge in [-0.2, -0.15) is 0 Å². The molecule has 7 nitrogen and oxygen atoms in total. The maximum Gasteiger partial charge on any atom is 0.432 e. The minimum absolute atomic E-state index is 0.258. The first-order chi connectivity index (χ1) is 15.4. The van der Waals surface area contributed by atoms with E-state index >= 15 is 0 Å². The third kappa shape index (κ3) is 4.96. The summed E-state index contributed by atoms with van der Waals surface area (Å²) in [5.74, 6) is 1.99. The van der Waals surface area contributed by atoms with Gasteiger partial charge in [-0.1, -0.05) is 6.08 Å². The van der Waals surface area contributed by atoms with Crippen LogP contribution in [0.15, 0.2) is 30.3 Å². The molecule has 0 saturated carbocycles. The summed E-state index contributed by atoms with van der Waals surface area (Å²) in [5, 5.41) is 2.97. The summed E-state index contributed by atoms with van der Waals surface area (Å²) in [6.45, 7) is 6.06. The number of hydrogen-bond acceptors (Lipinski definition) is 6. The molecule has 1 N–H and O–H groups in total. The molecular formula is C24H32NO6P. The number of aryl methyl sites for hydroxylation is 2. The van der Waals surface area contributed by atoms with Crippen molar-refractivity contribution < 1.29 is 27.8 Å². The van der Waals surface area contributed by atoms with Crippen molar-refractivity contribution in [3.8, 4) is 17.2 Å². The van der Waals surface area contributed by atoms with Gasteiger partial charge in [-0.3, -0.25) is 14.1 Å². The molecule has 0 heterocycles. The molecule has 174 valence electrons. The molecule has 0 saturated heterocycles. The third-order valence-corrected chi connectivity index (χ3v) is 7.02. The number of allylic oxidation sites excluding steroid dienone is 1. The SMILES string of the molecule is CCOP(=O)(Nc1cc2c(cc1OC)CCC=C2c1cc(C)c(OC)c(OC)c1)OCC. The Labute approximate surface area is 190 Å². The Morgan fingerprint density at radius 2 is 1.62 bits per heavy atom. The summed E-state index contributed by atoms with van der Waals surface area (Å²) >= 11 is 0. The molecular weight excluding hydrogens is 429 g/mol. The molecule has 0 bridgehead atoms. The maximum absolute atomic E-state index is 13.1. The van der Waals surface area contributed by atoms with E-state index in [1.165, 1.54) is 0 Å². The number of methoxy groups -OCH3 is 3. The molecule has 0 unspecified atom stereocenters. The van der Waals surface area contributed by atoms with E-state index in [1.54, 1.807) is 35.2 Å². The van der Waals surface area contributed by atoms with Crippen LogP contribution in [0.25, 0.3) is 5.57 Å². The Morgan fingerprint density at radius 1 is 0.938 bits per heavy atom. The van der Waals surface area contributed by atoms with Gasteiger partial charge in [-0.25, -0.2) is 4.57 Å². The zero-order valence-corrected chi connectivity index (χ0v) is 20.5. The fourth-order valence-electron chi connectivity index (χ4n) is 3.99. The number of fused-ring (bicyclic) bond motifs is 1. The van der Waals surface area contributed by atoms with Crippen molar-refractivity contribution in [2.24, 2.45) is 0 Å². The second-order valence-electron chi connectivity index (χ2n) is 7.34. The number of ether oxygens (including phenoxy) is 3. The topological polar surface area (TPSA) is 75.3 Å². The Hall–Kier alpha value is -2.47. The van der Waals surface area contributed by atoms with Gasteiger partial charge in [0, 0.05) is 0 Å². The van der Waals surface area contributed by atoms with E-state index in [2.05, 4.69) is 17.2 Å². The van der Waals surface area contributed by atoms with Gasteiger partial charge in [-0.05, 0) is 85.7 Å². The van der Waals surface area contributed by atoms with E-state index in [1.807, 2.05) is 25.1 Å². The van der Waals surface area contributed by atoms with Gasteiger partial charge < -0.3 is 14.2 Å². The first kappa shape index (κ1) is 24.2. The zero-order valence-electron chi connectivity index (χ0n) is 19.6. The zero-order chi connectivity index (χ0) is 23.3. The fourth-order valence-corrected chi connectivity index (χ4v) is 5.34. The minimum atomic E-state index is -3.53. The van der Waals surface area contributed by atoms with Gasteiger partial charge in [0.15, 0.2) is 11.5 Å². The van der Waals surface area contributed by atoms with Crippen LogP contribution in [0.5, 0.6) is 17.2 Å². The minimum Gasteiger partial charge on any atom is -0.495 e. The van der Waals surface area contributed by atoms with Gasteiger partial charge in [0.1, 0.15) is 5.75 Å². The summed E-state index contributed by atoms with van der Waals surface area (Å²) in [7, 11) is 1.34. The Morgan fingerprint density at radius 3 is 2.22 bits per heavy atom. The van der Waals surface area contributed by atoms with Gasteiger partial charge in [0.25, 0.3) is 0 Å². The van der Waals surface area contributed by atoms with E-state index in [4.69, 9.17) is 23.3 Å². The summed E-state index contributed by atoms with van der Waals surface area (Å²) in [6.07, 6.45) is 4.00. The lowest BCUT2D eigenvalue weighted by Crippen LogP contribution is -2.09. The predicted molar refractivity (Wildman–Crippen MR) is 127 cm³/mol. The van der Waals surface area contributed by atoms with Crippen molar-refractivity contribution in [2.75, 3.05) is 39.6 Å². The molecule has 2 aromatic rings. The Bertz CT molecular complexity index is 1040. The lowest BCUT2D eigenvalue weighted by atomic mass is 9.86. The van der Waals surface area contributed by atoms with Crippen LogP contribution in [0.4, 0.5) is 5.69 Å². The normalized spacial score (nSPS) is 13.2. The van der Waals surface area contributed by atoms with Crippen molar-refractivity contribution in [3.05, 3.63) is 52.6 Å². The van der Waals surface area contributed by atoms with E-state index < -0.39 is 7.75 Å². The van der Waals surface area contributed by atoms with Crippen LogP contribution in [0.2, 0.25) is 0 Å². The Balaban J connectivity index is 2.10. The molecule has 0 aliphatic heterocycles. The second kappa shape index (κ2) is 10.4. The molecule has 2 aromatic carbocycles. The predicted octanol–water partition coefficient (Wildman–Crippen LogP) is 5.99. The molecule has 0 atom stereocenters. The molecule has 8 heteroatoms. The van der Waals surface area contributed by atoms with Crippen LogP contribution < -0.4 is 19.3 Å². The highest BCUT2D eigenvalue weighted by atomic mass is 31.2. The van der Waals surface area contributed by atoms with Gasteiger partial charge >= 0.3 is 7.75 Å². The van der Waals surface area contributed by atoms with Crippen LogP contribution in [-0.2, 0) is 20.0 Å². The van der Waals surface area contributed by atoms with Crippen LogP contribution in [0.3, 0.4) is 0 Å². The van der Waals surface area contributed by atoms with E-state index in [0.717, 1.165) is 46.4 Å². The van der Waals surface area contributed by atoms with E-state index in [-0.39, 0.29) is 13.2 Å². The molecule has 0 aromatic heterocycles. The number of hydrogen-bond donors (Lipinski definition) is 1. The number of rotatable bonds is 10. The highest BCUT2D eigenvalue weighted by Crippen LogP contribution is 2.51. The lowest BCUT2D eigenvalue weighted by Gasteiger charge is -2.24. The maximum atomic E-state index is 13.1. The van der Waals surface area contributed by atoms with Crippen molar-refractivity contribution >= 4 is 19.0 Å². The quantitative estimate of drug-likeness (QED) is 0.436. The smallest absolute Gasteiger partial charge is 0.432 e. The monoisotopic (exact) mass is 461 g/mol. The van der Waals surface area contributed by atoms with Gasteiger partial charge in [0.2, 0.25) is 0 Å². The van der Waals surface area contributed by atoms with Crippen LogP contribution in [-0.4, -0.2) is 34.5 Å².